The molecule has 0 radical (unpaired) electrons. The Morgan fingerprint density at radius 2 is 2.20 bits per heavy atom. The number of nitrogens with one attached hydrogen (secondary N) is 1. The molecule has 2 fully saturated rings. The first-order valence-corrected chi connectivity index (χ1v) is 8.62. The molecule has 3 nitrogen and oxygen atoms in total. The molecular formula is C16H23NO2S. The molecule has 1 N–H and O–H groups in total. The Hall–Kier alpha value is -0.870. The summed E-state index contributed by atoms with van der Waals surface area (Å²) in [4.78, 5) is 0. The van der Waals surface area contributed by atoms with Gasteiger partial charge in [-0.25, -0.2) is 0 Å². The van der Waals surface area contributed by atoms with Crippen molar-refractivity contribution in [3.8, 4) is 11.5 Å². The van der Waals surface area contributed by atoms with Gasteiger partial charge in [0.25, 0.3) is 0 Å². The molecule has 1 atom stereocenters. The molecule has 0 spiro atoms. The molecular weight excluding hydrogens is 270 g/mol. The standard InChI is InChI=1S/C16H23NO2S/c1-18-15-5-4-12(7-13-3-2-6-17-9-13)8-16(15)19-14-10-20-11-14/h4-5,8,13-14,17H,2-3,6-7,9-11H2,1H3. The minimum atomic E-state index is 0.362. The first-order valence-electron chi connectivity index (χ1n) is 7.47. The molecule has 0 bridgehead atoms. The summed E-state index contributed by atoms with van der Waals surface area (Å²) in [6, 6.07) is 6.40. The van der Waals surface area contributed by atoms with E-state index in [-0.39, 0.29) is 0 Å². The molecule has 1 aromatic rings. The fourth-order valence-corrected chi connectivity index (χ4v) is 3.40. The quantitative estimate of drug-likeness (QED) is 0.904. The Morgan fingerprint density at radius 3 is 2.85 bits per heavy atom. The fourth-order valence-electron chi connectivity index (χ4n) is 2.83. The van der Waals surface area contributed by atoms with Crippen molar-refractivity contribution in [3.05, 3.63) is 23.8 Å². The van der Waals surface area contributed by atoms with Gasteiger partial charge in [0.1, 0.15) is 6.10 Å². The molecule has 2 heterocycles. The van der Waals surface area contributed by atoms with Gasteiger partial charge < -0.3 is 14.8 Å². The first-order chi connectivity index (χ1) is 9.85. The lowest BCUT2D eigenvalue weighted by molar-refractivity contribution is 0.228. The Labute approximate surface area is 125 Å². The Kier molecular flexibility index (Phi) is 4.73. The van der Waals surface area contributed by atoms with E-state index in [1.165, 1.54) is 24.9 Å². The van der Waals surface area contributed by atoms with Crippen LogP contribution in [0.15, 0.2) is 18.2 Å². The summed E-state index contributed by atoms with van der Waals surface area (Å²) >= 11 is 1.94. The summed E-state index contributed by atoms with van der Waals surface area (Å²) < 4.78 is 11.5. The average molecular weight is 293 g/mol. The maximum Gasteiger partial charge on any atom is 0.161 e. The van der Waals surface area contributed by atoms with E-state index < -0.39 is 0 Å². The lowest BCUT2D eigenvalue weighted by Crippen LogP contribution is -2.31. The van der Waals surface area contributed by atoms with Gasteiger partial charge in [-0.05, 0) is 56.0 Å². The number of hydrogen-bond donors (Lipinski definition) is 1. The molecule has 110 valence electrons. The van der Waals surface area contributed by atoms with Gasteiger partial charge in [0.15, 0.2) is 11.5 Å². The summed E-state index contributed by atoms with van der Waals surface area (Å²) in [6.45, 7) is 2.31. The first kappa shape index (κ1) is 14.1. The van der Waals surface area contributed by atoms with Crippen molar-refractivity contribution in [2.24, 2.45) is 5.92 Å². The third-order valence-electron chi connectivity index (χ3n) is 4.05. The van der Waals surface area contributed by atoms with Crippen LogP contribution in [0.25, 0.3) is 0 Å². The minimum absolute atomic E-state index is 0.362. The highest BCUT2D eigenvalue weighted by Gasteiger charge is 2.22. The monoisotopic (exact) mass is 293 g/mol. The summed E-state index contributed by atoms with van der Waals surface area (Å²) in [7, 11) is 1.71. The number of rotatable bonds is 5. The summed E-state index contributed by atoms with van der Waals surface area (Å²) in [5.41, 5.74) is 1.36. The molecule has 0 aromatic heterocycles. The van der Waals surface area contributed by atoms with E-state index in [1.807, 2.05) is 17.8 Å². The largest absolute Gasteiger partial charge is 0.493 e. The van der Waals surface area contributed by atoms with Gasteiger partial charge in [-0.15, -0.1) is 0 Å². The average Bonchev–Trinajstić information content (AvgIpc) is 2.44. The third-order valence-corrected chi connectivity index (χ3v) is 5.27. The molecule has 3 rings (SSSR count). The molecule has 20 heavy (non-hydrogen) atoms. The second-order valence-electron chi connectivity index (χ2n) is 5.68. The highest BCUT2D eigenvalue weighted by Crippen LogP contribution is 2.33. The molecule has 0 aliphatic carbocycles. The van der Waals surface area contributed by atoms with E-state index in [2.05, 4.69) is 17.4 Å². The van der Waals surface area contributed by atoms with Crippen LogP contribution in [0.2, 0.25) is 0 Å². The van der Waals surface area contributed by atoms with E-state index in [1.54, 1.807) is 7.11 Å². The van der Waals surface area contributed by atoms with E-state index in [9.17, 15) is 0 Å². The number of hydrogen-bond acceptors (Lipinski definition) is 4. The number of ether oxygens (including phenoxy) is 2. The lowest BCUT2D eigenvalue weighted by atomic mass is 9.92. The van der Waals surface area contributed by atoms with Crippen molar-refractivity contribution in [3.63, 3.8) is 0 Å². The number of benzene rings is 1. The Bertz CT molecular complexity index is 442. The second-order valence-corrected chi connectivity index (χ2v) is 6.75. The topological polar surface area (TPSA) is 30.5 Å². The molecule has 0 saturated carbocycles. The number of thioether (sulfide) groups is 1. The second kappa shape index (κ2) is 6.72. The van der Waals surface area contributed by atoms with Crippen molar-refractivity contribution in [2.75, 3.05) is 31.7 Å². The third kappa shape index (κ3) is 3.41. The van der Waals surface area contributed by atoms with Gasteiger partial charge in [0, 0.05) is 11.5 Å². The van der Waals surface area contributed by atoms with Gasteiger partial charge in [0.2, 0.25) is 0 Å². The molecule has 1 unspecified atom stereocenters. The maximum atomic E-state index is 6.04. The van der Waals surface area contributed by atoms with Gasteiger partial charge in [0.05, 0.1) is 7.11 Å². The molecule has 2 aliphatic heterocycles. The van der Waals surface area contributed by atoms with E-state index >= 15 is 0 Å². The van der Waals surface area contributed by atoms with Crippen LogP contribution in [-0.2, 0) is 6.42 Å². The highest BCUT2D eigenvalue weighted by atomic mass is 32.2. The van der Waals surface area contributed by atoms with Crippen LogP contribution in [0.1, 0.15) is 18.4 Å². The number of piperidine rings is 1. The van der Waals surface area contributed by atoms with Gasteiger partial charge in [-0.1, -0.05) is 6.07 Å². The maximum absolute atomic E-state index is 6.04. The van der Waals surface area contributed by atoms with Crippen LogP contribution in [0.5, 0.6) is 11.5 Å². The predicted molar refractivity (Wildman–Crippen MR) is 84.0 cm³/mol. The van der Waals surface area contributed by atoms with Crippen molar-refractivity contribution in [1.29, 1.82) is 0 Å². The zero-order valence-corrected chi connectivity index (χ0v) is 12.9. The van der Waals surface area contributed by atoms with E-state index in [4.69, 9.17) is 9.47 Å². The summed E-state index contributed by atoms with van der Waals surface area (Å²) in [5.74, 6) is 4.72. The van der Waals surface area contributed by atoms with Crippen LogP contribution in [0, 0.1) is 5.92 Å². The zero-order chi connectivity index (χ0) is 13.8. The smallest absolute Gasteiger partial charge is 0.161 e. The van der Waals surface area contributed by atoms with Crippen molar-refractivity contribution < 1.29 is 9.47 Å². The van der Waals surface area contributed by atoms with Crippen LogP contribution < -0.4 is 14.8 Å². The molecule has 1 aromatic carbocycles. The highest BCUT2D eigenvalue weighted by molar-refractivity contribution is 8.00. The predicted octanol–water partition coefficient (Wildman–Crippen LogP) is 2.73. The van der Waals surface area contributed by atoms with Crippen LogP contribution in [0.4, 0.5) is 0 Å². The summed E-state index contributed by atoms with van der Waals surface area (Å²) in [6.07, 6.45) is 4.12. The van der Waals surface area contributed by atoms with Crippen molar-refractivity contribution >= 4 is 11.8 Å². The lowest BCUT2D eigenvalue weighted by Gasteiger charge is -2.27. The van der Waals surface area contributed by atoms with E-state index in [0.29, 0.717) is 6.10 Å². The molecule has 2 saturated heterocycles. The van der Waals surface area contributed by atoms with Gasteiger partial charge in [-0.3, -0.25) is 0 Å². The van der Waals surface area contributed by atoms with Crippen molar-refractivity contribution in [1.82, 2.24) is 5.32 Å². The van der Waals surface area contributed by atoms with Crippen LogP contribution in [-0.4, -0.2) is 37.8 Å². The fraction of sp³-hybridized carbons (Fsp3) is 0.625. The number of methoxy groups -OCH3 is 1. The molecule has 2 aliphatic rings. The minimum Gasteiger partial charge on any atom is -0.493 e. The molecule has 4 heteroatoms. The zero-order valence-electron chi connectivity index (χ0n) is 12.1. The normalized spacial score (nSPS) is 23.1. The van der Waals surface area contributed by atoms with Crippen LogP contribution in [0.3, 0.4) is 0 Å². The Balaban J connectivity index is 1.68. The Morgan fingerprint density at radius 1 is 1.30 bits per heavy atom. The van der Waals surface area contributed by atoms with Gasteiger partial charge in [-0.2, -0.15) is 11.8 Å². The van der Waals surface area contributed by atoms with Crippen LogP contribution >= 0.6 is 11.8 Å². The summed E-state index contributed by atoms with van der Waals surface area (Å²) in [5, 5.41) is 3.48. The van der Waals surface area contributed by atoms with Gasteiger partial charge >= 0.3 is 0 Å². The van der Waals surface area contributed by atoms with Crippen molar-refractivity contribution in [2.45, 2.75) is 25.4 Å². The SMILES string of the molecule is COc1ccc(CC2CCCNC2)cc1OC1CSC1. The molecule has 0 amide bonds. The van der Waals surface area contributed by atoms with E-state index in [0.717, 1.165) is 41.9 Å².